The highest BCUT2D eigenvalue weighted by molar-refractivity contribution is 7.10. The standard InChI is InChI=1S/C22H29N3OS/c1-3-24-10-12-25(13-11-24)17-8-9-20(16(2)14-17)23-22(26)19-15-27-21-7-5-4-6-18(19)21/h8-9,14-15H,3-7,10-13H2,1-2H3,(H,23,26). The summed E-state index contributed by atoms with van der Waals surface area (Å²) in [4.78, 5) is 19.2. The molecule has 2 aromatic rings. The molecule has 5 heteroatoms. The van der Waals surface area contributed by atoms with Crippen molar-refractivity contribution in [3.8, 4) is 0 Å². The smallest absolute Gasteiger partial charge is 0.256 e. The largest absolute Gasteiger partial charge is 0.369 e. The van der Waals surface area contributed by atoms with Crippen molar-refractivity contribution in [3.63, 3.8) is 0 Å². The molecule has 4 rings (SSSR count). The second kappa shape index (κ2) is 8.03. The number of fused-ring (bicyclic) bond motifs is 1. The number of rotatable bonds is 4. The molecule has 1 saturated heterocycles. The van der Waals surface area contributed by atoms with Crippen LogP contribution in [0.5, 0.6) is 0 Å². The minimum atomic E-state index is 0.0433. The van der Waals surface area contributed by atoms with Gasteiger partial charge in [0.15, 0.2) is 0 Å². The van der Waals surface area contributed by atoms with E-state index in [1.165, 1.54) is 29.0 Å². The number of nitrogens with zero attached hydrogens (tertiary/aromatic N) is 2. The predicted molar refractivity (Wildman–Crippen MR) is 114 cm³/mol. The number of thiophene rings is 1. The third-order valence-electron chi connectivity index (χ3n) is 5.95. The van der Waals surface area contributed by atoms with Crippen molar-refractivity contribution in [2.75, 3.05) is 42.9 Å². The molecule has 4 nitrogen and oxygen atoms in total. The normalized spacial score (nSPS) is 17.6. The van der Waals surface area contributed by atoms with Gasteiger partial charge in [-0.25, -0.2) is 0 Å². The van der Waals surface area contributed by atoms with Crippen LogP contribution in [0.4, 0.5) is 11.4 Å². The maximum Gasteiger partial charge on any atom is 0.256 e. The van der Waals surface area contributed by atoms with Gasteiger partial charge in [0, 0.05) is 47.8 Å². The zero-order valence-corrected chi connectivity index (χ0v) is 17.2. The Hall–Kier alpha value is -1.85. The van der Waals surface area contributed by atoms with Gasteiger partial charge in [0.2, 0.25) is 0 Å². The number of likely N-dealkylation sites (N-methyl/N-ethyl adjacent to an activating group) is 1. The minimum Gasteiger partial charge on any atom is -0.369 e. The fourth-order valence-corrected chi connectivity index (χ4v) is 5.31. The Morgan fingerprint density at radius 2 is 1.93 bits per heavy atom. The average Bonchev–Trinajstić information content (AvgIpc) is 3.14. The number of carbonyl (C=O) groups excluding carboxylic acids is 1. The van der Waals surface area contributed by atoms with Gasteiger partial charge in [-0.3, -0.25) is 4.79 Å². The van der Waals surface area contributed by atoms with Crippen molar-refractivity contribution < 1.29 is 4.79 Å². The molecule has 0 atom stereocenters. The van der Waals surface area contributed by atoms with E-state index >= 15 is 0 Å². The number of hydrogen-bond donors (Lipinski definition) is 1. The summed E-state index contributed by atoms with van der Waals surface area (Å²) in [5.74, 6) is 0.0433. The summed E-state index contributed by atoms with van der Waals surface area (Å²) in [6.45, 7) is 9.82. The number of piperazine rings is 1. The first-order chi connectivity index (χ1) is 13.2. The SMILES string of the molecule is CCN1CCN(c2ccc(NC(=O)c3csc4c3CCCC4)c(C)c2)CC1. The number of amides is 1. The number of anilines is 2. The molecule has 27 heavy (non-hydrogen) atoms. The lowest BCUT2D eigenvalue weighted by Gasteiger charge is -2.35. The highest BCUT2D eigenvalue weighted by Gasteiger charge is 2.21. The Kier molecular flexibility index (Phi) is 5.50. The van der Waals surface area contributed by atoms with Crippen molar-refractivity contribution in [3.05, 3.63) is 45.1 Å². The van der Waals surface area contributed by atoms with Gasteiger partial charge in [0.05, 0.1) is 5.56 Å². The molecule has 1 amide bonds. The van der Waals surface area contributed by atoms with Crippen molar-refractivity contribution in [1.82, 2.24) is 4.90 Å². The molecule has 0 radical (unpaired) electrons. The Balaban J connectivity index is 1.45. The van der Waals surface area contributed by atoms with Gasteiger partial charge in [-0.15, -0.1) is 11.3 Å². The lowest BCUT2D eigenvalue weighted by molar-refractivity contribution is 0.102. The lowest BCUT2D eigenvalue weighted by Crippen LogP contribution is -2.46. The number of carbonyl (C=O) groups is 1. The second-order valence-corrected chi connectivity index (χ2v) is 8.60. The lowest BCUT2D eigenvalue weighted by atomic mass is 9.95. The number of hydrogen-bond acceptors (Lipinski definition) is 4. The number of benzene rings is 1. The Labute approximate surface area is 166 Å². The summed E-state index contributed by atoms with van der Waals surface area (Å²) in [7, 11) is 0. The summed E-state index contributed by atoms with van der Waals surface area (Å²) in [6.07, 6.45) is 4.63. The van der Waals surface area contributed by atoms with Crippen LogP contribution in [0, 0.1) is 6.92 Å². The van der Waals surface area contributed by atoms with E-state index in [9.17, 15) is 4.79 Å². The first kappa shape index (κ1) is 18.5. The summed E-state index contributed by atoms with van der Waals surface area (Å²) >= 11 is 1.75. The molecular weight excluding hydrogens is 354 g/mol. The molecule has 0 saturated carbocycles. The first-order valence-electron chi connectivity index (χ1n) is 10.1. The molecule has 1 fully saturated rings. The van der Waals surface area contributed by atoms with Crippen molar-refractivity contribution in [1.29, 1.82) is 0 Å². The molecule has 2 aliphatic rings. The van der Waals surface area contributed by atoms with Gasteiger partial charge < -0.3 is 15.1 Å². The highest BCUT2D eigenvalue weighted by atomic mass is 32.1. The van der Waals surface area contributed by atoms with E-state index < -0.39 is 0 Å². The average molecular weight is 384 g/mol. The van der Waals surface area contributed by atoms with Crippen LogP contribution in [0.1, 0.15) is 46.1 Å². The summed E-state index contributed by atoms with van der Waals surface area (Å²) in [6, 6.07) is 6.42. The van der Waals surface area contributed by atoms with Gasteiger partial charge in [-0.05, 0) is 68.5 Å². The molecule has 1 N–H and O–H groups in total. The van der Waals surface area contributed by atoms with Crippen LogP contribution in [-0.4, -0.2) is 43.5 Å². The van der Waals surface area contributed by atoms with Gasteiger partial charge in [-0.1, -0.05) is 6.92 Å². The van der Waals surface area contributed by atoms with Crippen LogP contribution in [-0.2, 0) is 12.8 Å². The quantitative estimate of drug-likeness (QED) is 0.854. The van der Waals surface area contributed by atoms with E-state index in [1.807, 2.05) is 5.38 Å². The third kappa shape index (κ3) is 3.90. The molecule has 0 bridgehead atoms. The Morgan fingerprint density at radius 1 is 1.15 bits per heavy atom. The van der Waals surface area contributed by atoms with E-state index in [0.717, 1.165) is 62.4 Å². The molecule has 2 heterocycles. The number of aryl methyl sites for hydroxylation is 2. The van der Waals surface area contributed by atoms with Crippen LogP contribution >= 0.6 is 11.3 Å². The predicted octanol–water partition coefficient (Wildman–Crippen LogP) is 4.33. The van der Waals surface area contributed by atoms with Crippen LogP contribution in [0.3, 0.4) is 0 Å². The van der Waals surface area contributed by atoms with Crippen LogP contribution < -0.4 is 10.2 Å². The fourth-order valence-electron chi connectivity index (χ4n) is 4.18. The molecule has 1 aromatic heterocycles. The molecule has 1 aromatic carbocycles. The van der Waals surface area contributed by atoms with Gasteiger partial charge in [-0.2, -0.15) is 0 Å². The molecule has 1 aliphatic heterocycles. The van der Waals surface area contributed by atoms with E-state index in [-0.39, 0.29) is 5.91 Å². The highest BCUT2D eigenvalue weighted by Crippen LogP contribution is 2.31. The fraction of sp³-hybridized carbons (Fsp3) is 0.500. The molecule has 0 unspecified atom stereocenters. The maximum absolute atomic E-state index is 12.8. The van der Waals surface area contributed by atoms with Crippen molar-refractivity contribution in [2.24, 2.45) is 0 Å². The van der Waals surface area contributed by atoms with E-state index in [0.29, 0.717) is 0 Å². The molecule has 1 aliphatic carbocycles. The van der Waals surface area contributed by atoms with Gasteiger partial charge >= 0.3 is 0 Å². The number of nitrogens with one attached hydrogen (secondary N) is 1. The van der Waals surface area contributed by atoms with Crippen LogP contribution in [0.2, 0.25) is 0 Å². The van der Waals surface area contributed by atoms with Crippen LogP contribution in [0.15, 0.2) is 23.6 Å². The summed E-state index contributed by atoms with van der Waals surface area (Å²) in [5.41, 5.74) is 5.48. The van der Waals surface area contributed by atoms with E-state index in [4.69, 9.17) is 0 Å². The molecule has 144 valence electrons. The Morgan fingerprint density at radius 3 is 2.67 bits per heavy atom. The van der Waals surface area contributed by atoms with Crippen molar-refractivity contribution >= 4 is 28.6 Å². The zero-order chi connectivity index (χ0) is 18.8. The second-order valence-electron chi connectivity index (χ2n) is 7.63. The van der Waals surface area contributed by atoms with Gasteiger partial charge in [0.1, 0.15) is 0 Å². The first-order valence-corrected chi connectivity index (χ1v) is 11.0. The van der Waals surface area contributed by atoms with Gasteiger partial charge in [0.25, 0.3) is 5.91 Å². The molecular formula is C22H29N3OS. The minimum absolute atomic E-state index is 0.0433. The van der Waals surface area contributed by atoms with Crippen LogP contribution in [0.25, 0.3) is 0 Å². The maximum atomic E-state index is 12.8. The monoisotopic (exact) mass is 383 g/mol. The van der Waals surface area contributed by atoms with E-state index in [2.05, 4.69) is 47.2 Å². The van der Waals surface area contributed by atoms with Crippen molar-refractivity contribution in [2.45, 2.75) is 39.5 Å². The summed E-state index contributed by atoms with van der Waals surface area (Å²) in [5, 5.41) is 5.19. The van der Waals surface area contributed by atoms with E-state index in [1.54, 1.807) is 11.3 Å². The third-order valence-corrected chi connectivity index (χ3v) is 7.04. The topological polar surface area (TPSA) is 35.6 Å². The molecule has 0 spiro atoms. The Bertz CT molecular complexity index is 821. The summed E-state index contributed by atoms with van der Waals surface area (Å²) < 4.78 is 0. The zero-order valence-electron chi connectivity index (χ0n) is 16.4.